The van der Waals surface area contributed by atoms with Crippen molar-refractivity contribution in [1.82, 2.24) is 15.1 Å². The molecule has 2 bridgehead atoms. The molecule has 3 saturated heterocycles. The standard InChI is InChI=1S/C18H31N3O2.ClH/c1-3-13(2)17(22)20-9-4-5-14(11-20)18(23)21-10-8-15-6-7-16(12-21)19-15;/h13-16,19H,3-12H2,1-2H3;1H. The Morgan fingerprint density at radius 3 is 2.54 bits per heavy atom. The van der Waals surface area contributed by atoms with Crippen LogP contribution in [0.5, 0.6) is 0 Å². The lowest BCUT2D eigenvalue weighted by molar-refractivity contribution is -0.142. The molecule has 5 nitrogen and oxygen atoms in total. The molecule has 3 rings (SSSR count). The van der Waals surface area contributed by atoms with Crippen molar-refractivity contribution in [3.63, 3.8) is 0 Å². The van der Waals surface area contributed by atoms with Gasteiger partial charge in [0.2, 0.25) is 11.8 Å². The maximum absolute atomic E-state index is 12.9. The molecule has 0 aromatic heterocycles. The molecule has 0 saturated carbocycles. The quantitative estimate of drug-likeness (QED) is 0.841. The Bertz CT molecular complexity index is 460. The van der Waals surface area contributed by atoms with E-state index >= 15 is 0 Å². The normalized spacial score (nSPS) is 31.2. The molecule has 2 amide bonds. The summed E-state index contributed by atoms with van der Waals surface area (Å²) >= 11 is 0. The highest BCUT2D eigenvalue weighted by Gasteiger charge is 2.36. The molecular formula is C18H32ClN3O2. The Morgan fingerprint density at radius 2 is 1.79 bits per heavy atom. The average molecular weight is 358 g/mol. The number of fused-ring (bicyclic) bond motifs is 2. The van der Waals surface area contributed by atoms with Crippen LogP contribution in [0.4, 0.5) is 0 Å². The van der Waals surface area contributed by atoms with Gasteiger partial charge in [-0.2, -0.15) is 0 Å². The Morgan fingerprint density at radius 1 is 1.04 bits per heavy atom. The van der Waals surface area contributed by atoms with Crippen molar-refractivity contribution in [2.45, 2.75) is 64.5 Å². The van der Waals surface area contributed by atoms with Gasteiger partial charge in [-0.1, -0.05) is 13.8 Å². The van der Waals surface area contributed by atoms with Crippen LogP contribution in [0.25, 0.3) is 0 Å². The fraction of sp³-hybridized carbons (Fsp3) is 0.889. The Hall–Kier alpha value is -0.810. The molecule has 3 heterocycles. The molecular weight excluding hydrogens is 326 g/mol. The van der Waals surface area contributed by atoms with E-state index in [1.54, 1.807) is 0 Å². The van der Waals surface area contributed by atoms with Gasteiger partial charge in [0.1, 0.15) is 0 Å². The van der Waals surface area contributed by atoms with Gasteiger partial charge in [-0.05, 0) is 38.5 Å². The van der Waals surface area contributed by atoms with Crippen molar-refractivity contribution in [2.24, 2.45) is 11.8 Å². The first kappa shape index (κ1) is 19.5. The minimum absolute atomic E-state index is 0. The molecule has 3 fully saturated rings. The van der Waals surface area contributed by atoms with Crippen LogP contribution in [-0.2, 0) is 9.59 Å². The van der Waals surface area contributed by atoms with Crippen molar-refractivity contribution in [2.75, 3.05) is 26.2 Å². The van der Waals surface area contributed by atoms with Gasteiger partial charge in [0, 0.05) is 44.2 Å². The third-order valence-electron chi connectivity index (χ3n) is 5.95. The lowest BCUT2D eigenvalue weighted by Crippen LogP contribution is -2.49. The summed E-state index contributed by atoms with van der Waals surface area (Å²) in [6, 6.07) is 1.08. The number of carbonyl (C=O) groups excluding carboxylic acids is 2. The third kappa shape index (κ3) is 4.23. The van der Waals surface area contributed by atoms with Gasteiger partial charge in [-0.25, -0.2) is 0 Å². The summed E-state index contributed by atoms with van der Waals surface area (Å²) in [6.45, 7) is 7.21. The van der Waals surface area contributed by atoms with Crippen LogP contribution in [0.3, 0.4) is 0 Å². The summed E-state index contributed by atoms with van der Waals surface area (Å²) in [5, 5.41) is 3.63. The predicted molar refractivity (Wildman–Crippen MR) is 97.1 cm³/mol. The topological polar surface area (TPSA) is 52.7 Å². The van der Waals surface area contributed by atoms with Crippen LogP contribution in [0.1, 0.15) is 52.4 Å². The molecule has 4 atom stereocenters. The van der Waals surface area contributed by atoms with Crippen molar-refractivity contribution in [3.05, 3.63) is 0 Å². The van der Waals surface area contributed by atoms with E-state index in [2.05, 4.69) is 17.1 Å². The zero-order chi connectivity index (χ0) is 16.4. The van der Waals surface area contributed by atoms with Gasteiger partial charge in [-0.15, -0.1) is 12.4 Å². The SMILES string of the molecule is CCC(C)C(=O)N1CCCC(C(=O)N2CCC3CCC(C2)N3)C1.Cl. The lowest BCUT2D eigenvalue weighted by atomic mass is 9.94. The highest BCUT2D eigenvalue weighted by atomic mass is 35.5. The molecule has 6 heteroatoms. The van der Waals surface area contributed by atoms with E-state index in [0.29, 0.717) is 18.6 Å². The molecule has 0 aliphatic carbocycles. The monoisotopic (exact) mass is 357 g/mol. The van der Waals surface area contributed by atoms with Crippen molar-refractivity contribution in [1.29, 1.82) is 0 Å². The van der Waals surface area contributed by atoms with Crippen LogP contribution >= 0.6 is 12.4 Å². The number of nitrogens with zero attached hydrogens (tertiary/aromatic N) is 2. The first-order valence-corrected chi connectivity index (χ1v) is 9.42. The predicted octanol–water partition coefficient (Wildman–Crippen LogP) is 2.05. The minimum atomic E-state index is 0. The van der Waals surface area contributed by atoms with E-state index in [1.807, 2.05) is 11.8 Å². The van der Waals surface area contributed by atoms with Crippen LogP contribution in [0.2, 0.25) is 0 Å². The van der Waals surface area contributed by atoms with Gasteiger partial charge < -0.3 is 15.1 Å². The van der Waals surface area contributed by atoms with E-state index in [1.165, 1.54) is 12.8 Å². The summed E-state index contributed by atoms with van der Waals surface area (Å²) < 4.78 is 0. The highest BCUT2D eigenvalue weighted by molar-refractivity contribution is 5.85. The maximum Gasteiger partial charge on any atom is 0.227 e. The van der Waals surface area contributed by atoms with E-state index in [4.69, 9.17) is 0 Å². The first-order chi connectivity index (χ1) is 11.1. The number of hydrogen-bond donors (Lipinski definition) is 1. The molecule has 0 radical (unpaired) electrons. The minimum Gasteiger partial charge on any atom is -0.342 e. The molecule has 0 aromatic rings. The average Bonchev–Trinajstić information content (AvgIpc) is 2.92. The fourth-order valence-electron chi connectivity index (χ4n) is 4.27. The van der Waals surface area contributed by atoms with Gasteiger partial charge in [0.05, 0.1) is 5.92 Å². The highest BCUT2D eigenvalue weighted by Crippen LogP contribution is 2.25. The summed E-state index contributed by atoms with van der Waals surface area (Å²) in [5.74, 6) is 0.581. The number of halogens is 1. The summed E-state index contributed by atoms with van der Waals surface area (Å²) in [7, 11) is 0. The number of rotatable bonds is 3. The molecule has 24 heavy (non-hydrogen) atoms. The van der Waals surface area contributed by atoms with Gasteiger partial charge >= 0.3 is 0 Å². The van der Waals surface area contributed by atoms with Crippen LogP contribution in [-0.4, -0.2) is 59.9 Å². The molecule has 1 N–H and O–H groups in total. The summed E-state index contributed by atoms with van der Waals surface area (Å²) in [6.07, 6.45) is 6.28. The molecule has 3 aliphatic heterocycles. The Kier molecular flexibility index (Phi) is 6.93. The van der Waals surface area contributed by atoms with Crippen LogP contribution < -0.4 is 5.32 Å². The van der Waals surface area contributed by atoms with Crippen LogP contribution in [0.15, 0.2) is 0 Å². The largest absolute Gasteiger partial charge is 0.342 e. The summed E-state index contributed by atoms with van der Waals surface area (Å²) in [5.41, 5.74) is 0. The molecule has 0 spiro atoms. The Labute approximate surface area is 151 Å². The van der Waals surface area contributed by atoms with Crippen LogP contribution in [0, 0.1) is 11.8 Å². The van der Waals surface area contributed by atoms with Crippen molar-refractivity contribution < 1.29 is 9.59 Å². The second-order valence-corrected chi connectivity index (χ2v) is 7.64. The second-order valence-electron chi connectivity index (χ2n) is 7.64. The number of hydrogen-bond acceptors (Lipinski definition) is 3. The van der Waals surface area contributed by atoms with Crippen molar-refractivity contribution >= 4 is 24.2 Å². The maximum atomic E-state index is 12.9. The van der Waals surface area contributed by atoms with E-state index in [0.717, 1.165) is 45.3 Å². The zero-order valence-corrected chi connectivity index (χ0v) is 15.8. The number of likely N-dealkylation sites (tertiary alicyclic amines) is 2. The molecule has 4 unspecified atom stereocenters. The van der Waals surface area contributed by atoms with Crippen molar-refractivity contribution in [3.8, 4) is 0 Å². The van der Waals surface area contributed by atoms with Gasteiger partial charge in [0.15, 0.2) is 0 Å². The number of amides is 2. The smallest absolute Gasteiger partial charge is 0.227 e. The van der Waals surface area contributed by atoms with E-state index < -0.39 is 0 Å². The first-order valence-electron chi connectivity index (χ1n) is 9.42. The molecule has 3 aliphatic rings. The zero-order valence-electron chi connectivity index (χ0n) is 15.0. The van der Waals surface area contributed by atoms with E-state index in [-0.39, 0.29) is 36.1 Å². The fourth-order valence-corrected chi connectivity index (χ4v) is 4.27. The second kappa shape index (κ2) is 8.52. The van der Waals surface area contributed by atoms with Gasteiger partial charge in [-0.3, -0.25) is 9.59 Å². The number of piperidine rings is 1. The Balaban J connectivity index is 0.00000208. The molecule has 138 valence electrons. The van der Waals surface area contributed by atoms with Gasteiger partial charge in [0.25, 0.3) is 0 Å². The van der Waals surface area contributed by atoms with E-state index in [9.17, 15) is 9.59 Å². The number of carbonyl (C=O) groups is 2. The lowest BCUT2D eigenvalue weighted by Gasteiger charge is -2.36. The molecule has 0 aromatic carbocycles. The third-order valence-corrected chi connectivity index (χ3v) is 5.95. The number of nitrogens with one attached hydrogen (secondary N) is 1. The summed E-state index contributed by atoms with van der Waals surface area (Å²) in [4.78, 5) is 29.4.